The molecule has 0 aliphatic carbocycles. The molecule has 84 valence electrons. The summed E-state index contributed by atoms with van der Waals surface area (Å²) < 4.78 is 5.54. The minimum Gasteiger partial charge on any atom is -0.468 e. The SMILES string of the molecule is CCCCN1CCCCC1c1ccco1. The van der Waals surface area contributed by atoms with Crippen LogP contribution in [-0.2, 0) is 0 Å². The molecule has 2 heterocycles. The molecule has 0 bridgehead atoms. The summed E-state index contributed by atoms with van der Waals surface area (Å²) in [5.41, 5.74) is 0. The maximum Gasteiger partial charge on any atom is 0.120 e. The highest BCUT2D eigenvalue weighted by molar-refractivity contribution is 5.05. The van der Waals surface area contributed by atoms with Gasteiger partial charge >= 0.3 is 0 Å². The van der Waals surface area contributed by atoms with Gasteiger partial charge in [-0.25, -0.2) is 0 Å². The Kier molecular flexibility index (Phi) is 3.84. The zero-order valence-electron chi connectivity index (χ0n) is 9.61. The molecule has 1 aliphatic heterocycles. The molecule has 0 amide bonds. The van der Waals surface area contributed by atoms with E-state index in [1.807, 2.05) is 6.07 Å². The zero-order chi connectivity index (χ0) is 10.5. The third kappa shape index (κ3) is 2.63. The molecule has 2 nitrogen and oxygen atoms in total. The number of hydrogen-bond donors (Lipinski definition) is 0. The van der Waals surface area contributed by atoms with Crippen molar-refractivity contribution in [2.24, 2.45) is 0 Å². The van der Waals surface area contributed by atoms with Crippen LogP contribution in [0.25, 0.3) is 0 Å². The Morgan fingerprint density at radius 1 is 1.47 bits per heavy atom. The third-order valence-corrected chi connectivity index (χ3v) is 3.28. The van der Waals surface area contributed by atoms with Crippen molar-refractivity contribution in [3.05, 3.63) is 24.2 Å². The summed E-state index contributed by atoms with van der Waals surface area (Å²) in [6.07, 6.45) is 8.33. The molecular weight excluding hydrogens is 186 g/mol. The van der Waals surface area contributed by atoms with Crippen molar-refractivity contribution in [2.45, 2.75) is 45.1 Å². The van der Waals surface area contributed by atoms with Crippen molar-refractivity contribution < 1.29 is 4.42 Å². The van der Waals surface area contributed by atoms with Gasteiger partial charge in [0.15, 0.2) is 0 Å². The van der Waals surface area contributed by atoms with Gasteiger partial charge in [-0.05, 0) is 44.5 Å². The standard InChI is InChI=1S/C13H21NO/c1-2-3-9-14-10-5-4-7-12(14)13-8-6-11-15-13/h6,8,11-12H,2-5,7,9-10H2,1H3. The molecule has 0 saturated carbocycles. The topological polar surface area (TPSA) is 16.4 Å². The summed E-state index contributed by atoms with van der Waals surface area (Å²) in [6.45, 7) is 4.72. The summed E-state index contributed by atoms with van der Waals surface area (Å²) in [7, 11) is 0. The summed E-state index contributed by atoms with van der Waals surface area (Å²) in [4.78, 5) is 2.59. The van der Waals surface area contributed by atoms with Gasteiger partial charge in [0.05, 0.1) is 12.3 Å². The van der Waals surface area contributed by atoms with Gasteiger partial charge in [-0.15, -0.1) is 0 Å². The van der Waals surface area contributed by atoms with E-state index in [1.54, 1.807) is 6.26 Å². The van der Waals surface area contributed by atoms with E-state index in [4.69, 9.17) is 4.42 Å². The number of likely N-dealkylation sites (tertiary alicyclic amines) is 1. The maximum absolute atomic E-state index is 5.54. The van der Waals surface area contributed by atoms with Crippen LogP contribution in [-0.4, -0.2) is 18.0 Å². The lowest BCUT2D eigenvalue weighted by molar-refractivity contribution is 0.128. The van der Waals surface area contributed by atoms with E-state index < -0.39 is 0 Å². The van der Waals surface area contributed by atoms with Gasteiger partial charge in [-0.1, -0.05) is 19.8 Å². The summed E-state index contributed by atoms with van der Waals surface area (Å²) in [5.74, 6) is 1.16. The molecule has 2 heteroatoms. The predicted molar refractivity (Wildman–Crippen MR) is 61.8 cm³/mol. The average molecular weight is 207 g/mol. The number of rotatable bonds is 4. The van der Waals surface area contributed by atoms with E-state index in [0.29, 0.717) is 6.04 Å². The van der Waals surface area contributed by atoms with E-state index in [9.17, 15) is 0 Å². The van der Waals surface area contributed by atoms with Crippen LogP contribution < -0.4 is 0 Å². The van der Waals surface area contributed by atoms with Crippen LogP contribution in [0, 0.1) is 0 Å². The molecule has 1 unspecified atom stereocenters. The quantitative estimate of drug-likeness (QED) is 0.750. The molecule has 2 rings (SSSR count). The lowest BCUT2D eigenvalue weighted by Crippen LogP contribution is -2.33. The average Bonchev–Trinajstić information content (AvgIpc) is 2.80. The first-order chi connectivity index (χ1) is 7.42. The van der Waals surface area contributed by atoms with Crippen molar-refractivity contribution in [2.75, 3.05) is 13.1 Å². The summed E-state index contributed by atoms with van der Waals surface area (Å²) in [5, 5.41) is 0. The molecule has 1 aliphatic rings. The Morgan fingerprint density at radius 2 is 2.40 bits per heavy atom. The zero-order valence-corrected chi connectivity index (χ0v) is 9.61. The van der Waals surface area contributed by atoms with Crippen LogP contribution >= 0.6 is 0 Å². The van der Waals surface area contributed by atoms with Crippen LogP contribution in [0.15, 0.2) is 22.8 Å². The lowest BCUT2D eigenvalue weighted by atomic mass is 10.00. The highest BCUT2D eigenvalue weighted by Gasteiger charge is 2.24. The first kappa shape index (κ1) is 10.7. The Bertz CT molecular complexity index is 268. The number of piperidine rings is 1. The van der Waals surface area contributed by atoms with Gasteiger partial charge in [0, 0.05) is 0 Å². The normalized spacial score (nSPS) is 23.1. The maximum atomic E-state index is 5.54. The number of hydrogen-bond acceptors (Lipinski definition) is 2. The van der Waals surface area contributed by atoms with E-state index in [-0.39, 0.29) is 0 Å². The van der Waals surface area contributed by atoms with Gasteiger partial charge in [-0.3, -0.25) is 4.90 Å². The van der Waals surface area contributed by atoms with E-state index in [0.717, 1.165) is 5.76 Å². The second-order valence-electron chi connectivity index (χ2n) is 4.42. The van der Waals surface area contributed by atoms with Gasteiger partial charge in [-0.2, -0.15) is 0 Å². The fourth-order valence-electron chi connectivity index (χ4n) is 2.42. The predicted octanol–water partition coefficient (Wildman–Crippen LogP) is 3.61. The minimum absolute atomic E-state index is 0.542. The first-order valence-electron chi connectivity index (χ1n) is 6.19. The fraction of sp³-hybridized carbons (Fsp3) is 0.692. The molecule has 1 saturated heterocycles. The van der Waals surface area contributed by atoms with Crippen molar-refractivity contribution in [1.82, 2.24) is 4.90 Å². The molecular formula is C13H21NO. The number of nitrogens with zero attached hydrogens (tertiary/aromatic N) is 1. The highest BCUT2D eigenvalue weighted by Crippen LogP contribution is 2.31. The largest absolute Gasteiger partial charge is 0.468 e. The second kappa shape index (κ2) is 5.36. The summed E-state index contributed by atoms with van der Waals surface area (Å²) >= 11 is 0. The molecule has 0 radical (unpaired) electrons. The fourth-order valence-corrected chi connectivity index (χ4v) is 2.42. The molecule has 1 atom stereocenters. The van der Waals surface area contributed by atoms with Crippen LogP contribution in [0.4, 0.5) is 0 Å². The highest BCUT2D eigenvalue weighted by atomic mass is 16.3. The van der Waals surface area contributed by atoms with Gasteiger partial charge in [0.2, 0.25) is 0 Å². The van der Waals surface area contributed by atoms with Crippen LogP contribution in [0.5, 0.6) is 0 Å². The smallest absolute Gasteiger partial charge is 0.120 e. The molecule has 15 heavy (non-hydrogen) atoms. The Labute approximate surface area is 92.3 Å². The first-order valence-corrected chi connectivity index (χ1v) is 6.19. The van der Waals surface area contributed by atoms with E-state index in [2.05, 4.69) is 17.9 Å². The number of unbranched alkanes of at least 4 members (excludes halogenated alkanes) is 1. The molecule has 0 aromatic carbocycles. The van der Waals surface area contributed by atoms with Gasteiger partial charge < -0.3 is 4.42 Å². The lowest BCUT2D eigenvalue weighted by Gasteiger charge is -2.34. The van der Waals surface area contributed by atoms with Crippen molar-refractivity contribution in [3.8, 4) is 0 Å². The van der Waals surface area contributed by atoms with Crippen molar-refractivity contribution in [3.63, 3.8) is 0 Å². The Balaban J connectivity index is 1.99. The molecule has 1 aromatic rings. The van der Waals surface area contributed by atoms with Crippen molar-refractivity contribution in [1.29, 1.82) is 0 Å². The van der Waals surface area contributed by atoms with Crippen LogP contribution in [0.2, 0.25) is 0 Å². The minimum atomic E-state index is 0.542. The Morgan fingerprint density at radius 3 is 3.13 bits per heavy atom. The number of furan rings is 1. The van der Waals surface area contributed by atoms with Crippen LogP contribution in [0.1, 0.15) is 50.8 Å². The van der Waals surface area contributed by atoms with Crippen LogP contribution in [0.3, 0.4) is 0 Å². The van der Waals surface area contributed by atoms with E-state index >= 15 is 0 Å². The monoisotopic (exact) mass is 207 g/mol. The van der Waals surface area contributed by atoms with Crippen molar-refractivity contribution >= 4 is 0 Å². The van der Waals surface area contributed by atoms with E-state index in [1.165, 1.54) is 45.2 Å². The molecule has 1 aromatic heterocycles. The molecule has 0 N–H and O–H groups in total. The molecule has 1 fully saturated rings. The summed E-state index contributed by atoms with van der Waals surface area (Å²) in [6, 6.07) is 4.66. The van der Waals surface area contributed by atoms with Gasteiger partial charge in [0.25, 0.3) is 0 Å². The second-order valence-corrected chi connectivity index (χ2v) is 4.42. The third-order valence-electron chi connectivity index (χ3n) is 3.28. The van der Waals surface area contributed by atoms with Gasteiger partial charge in [0.1, 0.15) is 5.76 Å². The molecule has 0 spiro atoms. The Hall–Kier alpha value is -0.760.